The molecule has 32 heavy (non-hydrogen) atoms. The first kappa shape index (κ1) is 33.4. The monoisotopic (exact) mass is 678 g/mol. The molecule has 0 saturated carbocycles. The van der Waals surface area contributed by atoms with Crippen molar-refractivity contribution >= 4 is 45.2 Å². The SMILES string of the molecule is CC(C)(O)C(C)(C)C(C)(C)C(C)(I)C(C)(C)C(C)(C)C(C)(C)C(C)(C)C(C)(C)C(C)(O)I. The Morgan fingerprint density at radius 3 is 0.812 bits per heavy atom. The topological polar surface area (TPSA) is 40.5 Å². The van der Waals surface area contributed by atoms with E-state index in [4.69, 9.17) is 0 Å². The molecule has 0 aromatic heterocycles. The van der Waals surface area contributed by atoms with Crippen LogP contribution in [0.15, 0.2) is 0 Å². The Morgan fingerprint density at radius 1 is 0.344 bits per heavy atom. The van der Waals surface area contributed by atoms with Gasteiger partial charge in [0.25, 0.3) is 0 Å². The Balaban J connectivity index is 7.00. The van der Waals surface area contributed by atoms with Crippen LogP contribution in [0.25, 0.3) is 0 Å². The van der Waals surface area contributed by atoms with Crippen LogP contribution in [0.4, 0.5) is 0 Å². The van der Waals surface area contributed by atoms with Gasteiger partial charge in [-0.2, -0.15) is 0 Å². The standard InChI is InChI=1S/C28H56I2O2/c1-19(2,21(5,6)25(13,14)28(18,30)32)20(3,4)23(9,10)27(17,29)24(11,12)22(7,8)26(15,16)31/h31-32H,1-18H3. The summed E-state index contributed by atoms with van der Waals surface area (Å²) in [4.78, 5) is 0. The molecule has 0 saturated heterocycles. The van der Waals surface area contributed by atoms with Gasteiger partial charge in [-0.15, -0.1) is 0 Å². The first-order valence-electron chi connectivity index (χ1n) is 12.1. The van der Waals surface area contributed by atoms with Gasteiger partial charge in [0.2, 0.25) is 0 Å². The summed E-state index contributed by atoms with van der Waals surface area (Å²) in [6, 6.07) is 0. The molecule has 194 valence electrons. The van der Waals surface area contributed by atoms with E-state index in [2.05, 4.69) is 149 Å². The van der Waals surface area contributed by atoms with Crippen LogP contribution in [-0.4, -0.2) is 22.8 Å². The van der Waals surface area contributed by atoms with Gasteiger partial charge < -0.3 is 10.2 Å². The van der Waals surface area contributed by atoms with Gasteiger partial charge in [-0.3, -0.25) is 0 Å². The van der Waals surface area contributed by atoms with Gasteiger partial charge in [0.1, 0.15) is 3.61 Å². The second-order valence-corrected chi connectivity index (χ2v) is 19.1. The van der Waals surface area contributed by atoms with Crippen molar-refractivity contribution in [1.82, 2.24) is 0 Å². The third-order valence-electron chi connectivity index (χ3n) is 12.8. The molecule has 0 rings (SSSR count). The number of hydrogen-bond acceptors (Lipinski definition) is 2. The van der Waals surface area contributed by atoms with Gasteiger partial charge in [0, 0.05) is 8.84 Å². The molecule has 0 bridgehead atoms. The fourth-order valence-corrected chi connectivity index (χ4v) is 7.66. The molecular weight excluding hydrogens is 622 g/mol. The molecule has 0 aromatic rings. The number of aliphatic hydroxyl groups is 2. The molecule has 0 aromatic carbocycles. The second kappa shape index (κ2) is 8.46. The highest BCUT2D eigenvalue weighted by Crippen LogP contribution is 2.72. The molecule has 2 N–H and O–H groups in total. The molecule has 0 aliphatic carbocycles. The van der Waals surface area contributed by atoms with Crippen LogP contribution >= 0.6 is 45.2 Å². The number of alkyl halides is 2. The summed E-state index contributed by atoms with van der Waals surface area (Å²) in [5.41, 5.74) is -2.23. The Kier molecular flexibility index (Phi) is 8.83. The van der Waals surface area contributed by atoms with Crippen LogP contribution in [0, 0.1) is 37.9 Å². The molecule has 4 heteroatoms. The van der Waals surface area contributed by atoms with E-state index in [1.54, 1.807) is 0 Å². The van der Waals surface area contributed by atoms with E-state index >= 15 is 0 Å². The van der Waals surface area contributed by atoms with E-state index in [-0.39, 0.29) is 41.3 Å². The first-order chi connectivity index (χ1) is 13.2. The van der Waals surface area contributed by atoms with Crippen LogP contribution in [0.2, 0.25) is 0 Å². The number of hydrogen-bond donors (Lipinski definition) is 2. The molecule has 0 fully saturated rings. The van der Waals surface area contributed by atoms with Crippen LogP contribution < -0.4 is 0 Å². The van der Waals surface area contributed by atoms with E-state index in [0.717, 1.165) is 0 Å². The molecule has 0 amide bonds. The fraction of sp³-hybridized carbons (Fsp3) is 1.00. The van der Waals surface area contributed by atoms with Crippen molar-refractivity contribution in [1.29, 1.82) is 0 Å². The molecule has 0 aliphatic rings. The van der Waals surface area contributed by atoms with Gasteiger partial charge in [-0.25, -0.2) is 0 Å². The van der Waals surface area contributed by atoms with Gasteiger partial charge >= 0.3 is 0 Å². The van der Waals surface area contributed by atoms with Gasteiger partial charge in [0.05, 0.1) is 5.60 Å². The van der Waals surface area contributed by atoms with E-state index in [1.807, 2.05) is 20.8 Å². The summed E-state index contributed by atoms with van der Waals surface area (Å²) >= 11 is 4.90. The third kappa shape index (κ3) is 4.27. The summed E-state index contributed by atoms with van der Waals surface area (Å²) in [5, 5.41) is 22.3. The molecule has 0 aliphatic heterocycles. The highest BCUT2D eigenvalue weighted by atomic mass is 127. The Bertz CT molecular complexity index is 619. The van der Waals surface area contributed by atoms with Crippen molar-refractivity contribution in [2.45, 2.75) is 137 Å². The molecule has 0 spiro atoms. The predicted molar refractivity (Wildman–Crippen MR) is 160 cm³/mol. The zero-order valence-electron chi connectivity index (χ0n) is 24.7. The van der Waals surface area contributed by atoms with Crippen LogP contribution in [0.1, 0.15) is 125 Å². The lowest BCUT2D eigenvalue weighted by atomic mass is 9.38. The average molecular weight is 679 g/mol. The highest BCUT2D eigenvalue weighted by Gasteiger charge is 2.68. The molecule has 2 atom stereocenters. The summed E-state index contributed by atoms with van der Waals surface area (Å²) < 4.78 is -1.00. The first-order valence-corrected chi connectivity index (χ1v) is 14.2. The number of halogens is 2. The Hall–Kier alpha value is 1.38. The third-order valence-corrected chi connectivity index (χ3v) is 16.9. The van der Waals surface area contributed by atoms with Crippen molar-refractivity contribution < 1.29 is 10.2 Å². The zero-order chi connectivity index (χ0) is 27.0. The van der Waals surface area contributed by atoms with Crippen LogP contribution in [-0.2, 0) is 0 Å². The smallest absolute Gasteiger partial charge is 0.118 e. The molecule has 2 unspecified atom stereocenters. The Labute approximate surface area is 229 Å². The largest absolute Gasteiger partial charge is 0.390 e. The van der Waals surface area contributed by atoms with Crippen molar-refractivity contribution in [2.24, 2.45) is 37.9 Å². The molecule has 0 heterocycles. The van der Waals surface area contributed by atoms with E-state index < -0.39 is 9.21 Å². The summed E-state index contributed by atoms with van der Waals surface area (Å²) in [6.45, 7) is 40.8. The van der Waals surface area contributed by atoms with E-state index in [9.17, 15) is 10.2 Å². The lowest BCUT2D eigenvalue weighted by molar-refractivity contribution is -0.195. The van der Waals surface area contributed by atoms with Crippen molar-refractivity contribution in [3.63, 3.8) is 0 Å². The lowest BCUT2D eigenvalue weighted by Gasteiger charge is -2.70. The molecule has 0 radical (unpaired) electrons. The number of rotatable bonds is 9. The maximum Gasteiger partial charge on any atom is 0.118 e. The lowest BCUT2D eigenvalue weighted by Crippen LogP contribution is -2.67. The highest BCUT2D eigenvalue weighted by molar-refractivity contribution is 14.1. The zero-order valence-corrected chi connectivity index (χ0v) is 29.0. The quantitative estimate of drug-likeness (QED) is 0.189. The second-order valence-electron chi connectivity index (χ2n) is 14.9. The Morgan fingerprint density at radius 2 is 0.562 bits per heavy atom. The maximum absolute atomic E-state index is 11.2. The van der Waals surface area contributed by atoms with E-state index in [1.165, 1.54) is 0 Å². The molecule has 2 nitrogen and oxygen atoms in total. The minimum Gasteiger partial charge on any atom is -0.390 e. The summed E-state index contributed by atoms with van der Waals surface area (Å²) in [7, 11) is 0. The van der Waals surface area contributed by atoms with Gasteiger partial charge in [-0.05, 0) is 82.8 Å². The van der Waals surface area contributed by atoms with Gasteiger partial charge in [0.15, 0.2) is 0 Å². The normalized spacial score (nSPS) is 20.1. The molecular formula is C28H56I2O2. The van der Waals surface area contributed by atoms with Crippen molar-refractivity contribution in [2.75, 3.05) is 0 Å². The van der Waals surface area contributed by atoms with E-state index in [0.29, 0.717) is 0 Å². The van der Waals surface area contributed by atoms with Crippen LogP contribution in [0.3, 0.4) is 0 Å². The summed E-state index contributed by atoms with van der Waals surface area (Å²) in [5.74, 6) is 0. The fourth-order valence-electron chi connectivity index (χ4n) is 5.63. The summed E-state index contributed by atoms with van der Waals surface area (Å²) in [6.07, 6.45) is 0. The predicted octanol–water partition coefficient (Wildman–Crippen LogP) is 9.28. The van der Waals surface area contributed by atoms with Crippen LogP contribution in [0.5, 0.6) is 0 Å². The maximum atomic E-state index is 11.2. The minimum absolute atomic E-state index is 0.119. The van der Waals surface area contributed by atoms with Crippen molar-refractivity contribution in [3.05, 3.63) is 0 Å². The average Bonchev–Trinajstić information content (AvgIpc) is 2.51. The van der Waals surface area contributed by atoms with Gasteiger partial charge in [-0.1, -0.05) is 120 Å². The minimum atomic E-state index is -0.846. The van der Waals surface area contributed by atoms with Crippen molar-refractivity contribution in [3.8, 4) is 0 Å².